The zero-order chi connectivity index (χ0) is 5.28. The van der Waals surface area contributed by atoms with Crippen molar-refractivity contribution in [2.45, 2.75) is 0 Å². The minimum atomic E-state index is -0.868. The van der Waals surface area contributed by atoms with Crippen molar-refractivity contribution in [3.63, 3.8) is 0 Å². The van der Waals surface area contributed by atoms with Crippen molar-refractivity contribution in [3.05, 3.63) is 0 Å². The Morgan fingerprint density at radius 3 is 2.71 bits per heavy atom. The molecule has 0 saturated heterocycles. The molecule has 0 radical (unpaired) electrons. The first kappa shape index (κ1) is 5.80. The number of amidine groups is 1. The predicted octanol–water partition coefficient (Wildman–Crippen LogP) is 0.985. The van der Waals surface area contributed by atoms with Crippen LogP contribution in [-0.4, -0.2) is 14.0 Å². The molecule has 0 atom stereocenters. The van der Waals surface area contributed by atoms with Crippen LogP contribution in [0.1, 0.15) is 0 Å². The molecule has 1 rings (SSSR count). The lowest BCUT2D eigenvalue weighted by atomic mass is 10.7. The molecule has 1 heterocycles. The topological polar surface area (TPSA) is 35.9 Å². The van der Waals surface area contributed by atoms with Gasteiger partial charge in [-0.05, 0) is 18.6 Å². The zero-order valence-corrected chi connectivity index (χ0v) is 7.73. The van der Waals surface area contributed by atoms with E-state index in [1.807, 2.05) is 8.15 Å². The molecule has 7 heavy (non-hydrogen) atoms. The zero-order valence-electron chi connectivity index (χ0n) is 3.41. The van der Waals surface area contributed by atoms with Gasteiger partial charge in [0, 0.05) is 8.15 Å². The molecule has 2 nitrogen and oxygen atoms in total. The first-order chi connectivity index (χ1) is 3.29. The summed E-state index contributed by atoms with van der Waals surface area (Å²) in [5.74, 6) is 0.583. The van der Waals surface area contributed by atoms with Crippen LogP contribution in [0.4, 0.5) is 0 Å². The Morgan fingerprint density at radius 2 is 2.57 bits per heavy atom. The van der Waals surface area contributed by atoms with Crippen LogP contribution in [0.3, 0.4) is 0 Å². The van der Waals surface area contributed by atoms with Crippen LogP contribution in [0.25, 0.3) is 0 Å². The third-order valence-electron chi connectivity index (χ3n) is 0.528. The third-order valence-corrected chi connectivity index (χ3v) is 5.81. The lowest BCUT2D eigenvalue weighted by Gasteiger charge is -1.81. The molecule has 1 aliphatic heterocycles. The van der Waals surface area contributed by atoms with Gasteiger partial charge < -0.3 is 5.32 Å². The fraction of sp³-hybridized carbons (Fsp3) is 0. The van der Waals surface area contributed by atoms with Gasteiger partial charge in [0.2, 0.25) is 0 Å². The maximum atomic E-state index is 7.02. The van der Waals surface area contributed by atoms with Gasteiger partial charge in [0.05, 0.1) is 0 Å². The Kier molecular flexibility index (Phi) is 1.90. The highest BCUT2D eigenvalue weighted by Gasteiger charge is 1.91. The number of hydrogen-bond donors (Lipinski definition) is 2. The maximum absolute atomic E-state index is 7.02. The van der Waals surface area contributed by atoms with Gasteiger partial charge in [0.25, 0.3) is 0 Å². The second-order valence-corrected chi connectivity index (χ2v) is 10.3. The van der Waals surface area contributed by atoms with Gasteiger partial charge in [-0.2, -0.15) is 0 Å². The van der Waals surface area contributed by atoms with Gasteiger partial charge in [0.1, 0.15) is 5.84 Å². The summed E-state index contributed by atoms with van der Waals surface area (Å²) >= 11 is 1.52. The first-order valence-corrected chi connectivity index (χ1v) is 10.4. The molecular formula is C3H4I2N2. The summed E-state index contributed by atoms with van der Waals surface area (Å²) < 4.78 is 4.04. The Hall–Kier alpha value is 0.670. The SMILES string of the molecule is N=C1C=I(I)=CN1. The highest BCUT2D eigenvalue weighted by Crippen LogP contribution is 2.20. The molecule has 2 N–H and O–H groups in total. The van der Waals surface area contributed by atoms with E-state index in [0.717, 1.165) is 0 Å². The summed E-state index contributed by atoms with van der Waals surface area (Å²) in [5, 5.41) is 9.85. The smallest absolute Gasteiger partial charge is 0.128 e. The van der Waals surface area contributed by atoms with Crippen LogP contribution in [0, 0.1) is 5.41 Å². The Bertz CT molecular complexity index is 175. The minimum Gasteiger partial charge on any atom is -0.342 e. The Balaban J connectivity index is 2.90. The quantitative estimate of drug-likeness (QED) is 0.641. The lowest BCUT2D eigenvalue weighted by Crippen LogP contribution is -2.15. The number of rotatable bonds is 0. The van der Waals surface area contributed by atoms with Crippen LogP contribution >= 0.6 is 33.5 Å². The molecule has 4 heteroatoms. The predicted molar refractivity (Wildman–Crippen MR) is 51.0 cm³/mol. The summed E-state index contributed by atoms with van der Waals surface area (Å²) in [4.78, 5) is 0. The highest BCUT2D eigenvalue weighted by molar-refractivity contribution is 15.1. The van der Waals surface area contributed by atoms with Gasteiger partial charge in [0.15, 0.2) is 0 Å². The van der Waals surface area contributed by atoms with Gasteiger partial charge in [-0.3, -0.25) is 5.41 Å². The molecule has 0 bridgehead atoms. The summed E-state index contributed by atoms with van der Waals surface area (Å²) in [5.41, 5.74) is 0. The summed E-state index contributed by atoms with van der Waals surface area (Å²) in [6, 6.07) is 0. The second kappa shape index (κ2) is 2.29. The van der Waals surface area contributed by atoms with E-state index in [1.165, 1.54) is 0 Å². The first-order valence-electron chi connectivity index (χ1n) is 1.66. The molecule has 0 fully saturated rings. The van der Waals surface area contributed by atoms with Crippen molar-refractivity contribution >= 4 is 47.5 Å². The standard InChI is InChI=1S/C3H4I2N2/c4-5-1-3(6)7-2-5/h1-2H,(H2,6,7). The molecule has 0 aliphatic carbocycles. The van der Waals surface area contributed by atoms with E-state index in [1.54, 1.807) is 0 Å². The molecule has 0 aromatic carbocycles. The average molecular weight is 322 g/mol. The van der Waals surface area contributed by atoms with E-state index in [0.29, 0.717) is 5.84 Å². The molecule has 0 unspecified atom stereocenters. The molecule has 0 spiro atoms. The van der Waals surface area contributed by atoms with Crippen LogP contribution in [0.5, 0.6) is 0 Å². The summed E-state index contributed by atoms with van der Waals surface area (Å²) in [6.45, 7) is 0. The maximum Gasteiger partial charge on any atom is 0.128 e. The van der Waals surface area contributed by atoms with E-state index in [9.17, 15) is 0 Å². The minimum absolute atomic E-state index is 0.583. The lowest BCUT2D eigenvalue weighted by molar-refractivity contribution is 1.39. The van der Waals surface area contributed by atoms with Crippen molar-refractivity contribution in [1.29, 1.82) is 5.41 Å². The number of halogens is 2. The van der Waals surface area contributed by atoms with Crippen molar-refractivity contribution in [2.24, 2.45) is 0 Å². The number of nitrogens with one attached hydrogen (secondary N) is 2. The Labute approximate surface area is 57.7 Å². The van der Waals surface area contributed by atoms with E-state index in [2.05, 4.69) is 23.9 Å². The van der Waals surface area contributed by atoms with Crippen molar-refractivity contribution in [2.75, 3.05) is 0 Å². The fourth-order valence-electron chi connectivity index (χ4n) is 0.278. The van der Waals surface area contributed by atoms with Crippen molar-refractivity contribution in [3.8, 4) is 0 Å². The normalized spacial score (nSPS) is 20.4. The van der Waals surface area contributed by atoms with Crippen molar-refractivity contribution in [1.82, 2.24) is 5.32 Å². The Morgan fingerprint density at radius 1 is 1.86 bits per heavy atom. The van der Waals surface area contributed by atoms with Crippen LogP contribution < -0.4 is 5.32 Å². The molecule has 0 aromatic rings. The van der Waals surface area contributed by atoms with Gasteiger partial charge in [-0.25, -0.2) is 0 Å². The number of hydrogen-bond acceptors (Lipinski definition) is 1. The molecule has 1 aliphatic rings. The molecule has 0 amide bonds. The molecular weight excluding hydrogens is 318 g/mol. The summed E-state index contributed by atoms with van der Waals surface area (Å²) in [6.07, 6.45) is 0. The van der Waals surface area contributed by atoms with Crippen LogP contribution in [0.15, 0.2) is 0 Å². The van der Waals surface area contributed by atoms with E-state index >= 15 is 0 Å². The fourth-order valence-corrected chi connectivity index (χ4v) is 4.23. The molecule has 0 saturated carbocycles. The average Bonchev–Trinajstić information content (AvgIpc) is 1.87. The third kappa shape index (κ3) is 1.56. The van der Waals surface area contributed by atoms with Gasteiger partial charge in [-0.15, -0.1) is 0 Å². The van der Waals surface area contributed by atoms with Gasteiger partial charge >= 0.3 is 0 Å². The largest absolute Gasteiger partial charge is 0.342 e. The molecule has 40 valence electrons. The van der Waals surface area contributed by atoms with Crippen LogP contribution in [0.2, 0.25) is 0 Å². The monoisotopic (exact) mass is 322 g/mol. The second-order valence-electron chi connectivity index (χ2n) is 1.07. The van der Waals surface area contributed by atoms with E-state index in [4.69, 9.17) is 5.41 Å². The van der Waals surface area contributed by atoms with E-state index in [-0.39, 0.29) is 0 Å². The van der Waals surface area contributed by atoms with E-state index < -0.39 is 14.9 Å². The highest BCUT2D eigenvalue weighted by atomic mass is 128. The van der Waals surface area contributed by atoms with Crippen LogP contribution in [-0.2, 0) is 0 Å². The molecule has 0 aromatic heterocycles. The van der Waals surface area contributed by atoms with Crippen molar-refractivity contribution < 1.29 is 0 Å². The summed E-state index contributed by atoms with van der Waals surface area (Å²) in [7, 11) is 0. The van der Waals surface area contributed by atoms with Gasteiger partial charge in [-0.1, -0.05) is 14.9 Å².